The molecule has 1 unspecified atom stereocenters. The first-order chi connectivity index (χ1) is 9.99. The van der Waals surface area contributed by atoms with Gasteiger partial charge in [0.2, 0.25) is 0 Å². The molecule has 0 spiro atoms. The highest BCUT2D eigenvalue weighted by molar-refractivity contribution is 7.09. The number of rotatable bonds is 5. The number of aromatic hydroxyl groups is 2. The number of carbonyl (C=O) groups excluding carboxylic acids is 1. The second-order valence-electron chi connectivity index (χ2n) is 4.20. The first-order valence-corrected chi connectivity index (χ1v) is 6.81. The minimum Gasteiger partial charge on any atom is -0.504 e. The van der Waals surface area contributed by atoms with E-state index in [1.165, 1.54) is 35.7 Å². The van der Waals surface area contributed by atoms with Crippen molar-refractivity contribution in [2.45, 2.75) is 12.7 Å². The zero-order chi connectivity index (χ0) is 15.4. The normalized spacial score (nSPS) is 11.9. The van der Waals surface area contributed by atoms with Crippen LogP contribution >= 0.6 is 11.3 Å². The molecule has 1 heterocycles. The van der Waals surface area contributed by atoms with Crippen LogP contribution in [-0.4, -0.2) is 26.3 Å². The van der Waals surface area contributed by atoms with Gasteiger partial charge < -0.3 is 20.1 Å². The molecule has 0 radical (unpaired) electrons. The van der Waals surface area contributed by atoms with Gasteiger partial charge >= 0.3 is 5.97 Å². The zero-order valence-corrected chi connectivity index (χ0v) is 11.7. The number of ether oxygens (including phenoxy) is 1. The molecule has 1 aromatic carbocycles. The lowest BCUT2D eigenvalue weighted by atomic mass is 10.2. The summed E-state index contributed by atoms with van der Waals surface area (Å²) in [5.41, 5.74) is 0.378. The van der Waals surface area contributed by atoms with E-state index in [-0.39, 0.29) is 23.7 Å². The topological polar surface area (TPSA) is 99.9 Å². The number of aliphatic hydroxyl groups is 1. The first kappa shape index (κ1) is 15.0. The van der Waals surface area contributed by atoms with Crippen LogP contribution in [0.2, 0.25) is 0 Å². The van der Waals surface area contributed by atoms with Gasteiger partial charge in [-0.1, -0.05) is 12.6 Å². The van der Waals surface area contributed by atoms with E-state index in [0.29, 0.717) is 10.6 Å². The highest BCUT2D eigenvalue weighted by atomic mass is 32.1. The maximum Gasteiger partial charge on any atom is 0.336 e. The molecular formula is C14H13NO5S. The van der Waals surface area contributed by atoms with Crippen molar-refractivity contribution >= 4 is 17.3 Å². The Labute approximate surface area is 124 Å². The van der Waals surface area contributed by atoms with Crippen molar-refractivity contribution < 1.29 is 24.9 Å². The molecule has 0 aliphatic carbocycles. The lowest BCUT2D eigenvalue weighted by Crippen LogP contribution is -2.13. The van der Waals surface area contributed by atoms with Crippen LogP contribution in [0.3, 0.4) is 0 Å². The molecule has 0 amide bonds. The van der Waals surface area contributed by atoms with Crippen LogP contribution in [0.4, 0.5) is 0 Å². The summed E-state index contributed by atoms with van der Waals surface area (Å²) < 4.78 is 4.99. The van der Waals surface area contributed by atoms with E-state index in [1.54, 1.807) is 5.38 Å². The Morgan fingerprint density at radius 1 is 1.38 bits per heavy atom. The van der Waals surface area contributed by atoms with E-state index in [2.05, 4.69) is 11.6 Å². The van der Waals surface area contributed by atoms with Crippen molar-refractivity contribution in [1.82, 2.24) is 4.98 Å². The van der Waals surface area contributed by atoms with Gasteiger partial charge in [-0.05, 0) is 17.7 Å². The van der Waals surface area contributed by atoms with Crippen molar-refractivity contribution in [3.63, 3.8) is 0 Å². The van der Waals surface area contributed by atoms with Crippen LogP contribution in [0, 0.1) is 0 Å². The maximum atomic E-state index is 11.8. The summed E-state index contributed by atoms with van der Waals surface area (Å²) in [6.45, 7) is 3.39. The quantitative estimate of drug-likeness (QED) is 0.443. The number of esters is 1. The Bertz CT molecular complexity index is 653. The largest absolute Gasteiger partial charge is 0.504 e. The van der Waals surface area contributed by atoms with Crippen molar-refractivity contribution in [3.8, 4) is 11.5 Å². The van der Waals surface area contributed by atoms with Gasteiger partial charge in [0.25, 0.3) is 0 Å². The highest BCUT2D eigenvalue weighted by Gasteiger charge is 2.21. The van der Waals surface area contributed by atoms with Gasteiger partial charge in [0.1, 0.15) is 17.7 Å². The molecule has 0 saturated heterocycles. The van der Waals surface area contributed by atoms with Crippen molar-refractivity contribution in [2.75, 3.05) is 0 Å². The fraction of sp³-hybridized carbons (Fsp3) is 0.143. The number of nitrogens with zero attached hydrogens (tertiary/aromatic N) is 1. The summed E-state index contributed by atoms with van der Waals surface area (Å²) in [5.74, 6) is -1.32. The monoisotopic (exact) mass is 307 g/mol. The van der Waals surface area contributed by atoms with Crippen LogP contribution in [0.25, 0.3) is 0 Å². The van der Waals surface area contributed by atoms with Gasteiger partial charge in [-0.15, -0.1) is 11.3 Å². The van der Waals surface area contributed by atoms with Gasteiger partial charge in [0.05, 0.1) is 5.57 Å². The van der Waals surface area contributed by atoms with Gasteiger partial charge in [0, 0.05) is 11.6 Å². The Morgan fingerprint density at radius 2 is 2.14 bits per heavy atom. The lowest BCUT2D eigenvalue weighted by Gasteiger charge is -2.11. The Morgan fingerprint density at radius 3 is 2.76 bits per heavy atom. The molecule has 21 heavy (non-hydrogen) atoms. The average molecular weight is 307 g/mol. The van der Waals surface area contributed by atoms with Gasteiger partial charge in [-0.2, -0.15) is 0 Å². The number of aliphatic hydroxyl groups excluding tert-OH is 1. The molecule has 0 bridgehead atoms. The summed E-state index contributed by atoms with van der Waals surface area (Å²) in [5, 5.41) is 30.4. The summed E-state index contributed by atoms with van der Waals surface area (Å²) in [4.78, 5) is 15.7. The molecule has 0 aliphatic rings. The lowest BCUT2D eigenvalue weighted by molar-refractivity contribution is -0.141. The number of phenols is 2. The third-order valence-corrected chi connectivity index (χ3v) is 3.52. The smallest absolute Gasteiger partial charge is 0.336 e. The number of carbonyl (C=O) groups is 1. The van der Waals surface area contributed by atoms with Crippen LogP contribution in [0.1, 0.15) is 16.7 Å². The molecule has 1 aromatic heterocycles. The standard InChI is InChI=1S/C14H13NO5S/c1-8(12(18)13-15-4-5-21-13)14(19)20-7-9-2-3-10(16)11(17)6-9/h2-6,12,16-18H,1,7H2. The van der Waals surface area contributed by atoms with Crippen LogP contribution < -0.4 is 0 Å². The highest BCUT2D eigenvalue weighted by Crippen LogP contribution is 2.26. The van der Waals surface area contributed by atoms with E-state index >= 15 is 0 Å². The summed E-state index contributed by atoms with van der Waals surface area (Å²) in [6, 6.07) is 4.07. The molecule has 6 nitrogen and oxygen atoms in total. The summed E-state index contributed by atoms with van der Waals surface area (Å²) in [7, 11) is 0. The van der Waals surface area contributed by atoms with E-state index in [9.17, 15) is 20.1 Å². The molecule has 1 atom stereocenters. The predicted molar refractivity (Wildman–Crippen MR) is 75.8 cm³/mol. The van der Waals surface area contributed by atoms with E-state index in [0.717, 1.165) is 0 Å². The fourth-order valence-electron chi connectivity index (χ4n) is 1.53. The third-order valence-electron chi connectivity index (χ3n) is 2.69. The minimum absolute atomic E-state index is 0.115. The number of benzene rings is 1. The van der Waals surface area contributed by atoms with E-state index in [4.69, 9.17) is 4.74 Å². The van der Waals surface area contributed by atoms with Gasteiger partial charge in [-0.3, -0.25) is 0 Å². The molecular weight excluding hydrogens is 294 g/mol. The van der Waals surface area contributed by atoms with E-state index in [1.807, 2.05) is 0 Å². The maximum absolute atomic E-state index is 11.8. The minimum atomic E-state index is -1.20. The first-order valence-electron chi connectivity index (χ1n) is 5.93. The van der Waals surface area contributed by atoms with Crippen LogP contribution in [-0.2, 0) is 16.1 Å². The molecule has 7 heteroatoms. The van der Waals surface area contributed by atoms with Crippen LogP contribution in [0.5, 0.6) is 11.5 Å². The molecule has 2 rings (SSSR count). The predicted octanol–water partition coefficient (Wildman–Crippen LogP) is 1.89. The summed E-state index contributed by atoms with van der Waals surface area (Å²) in [6.07, 6.45) is 0.312. The summed E-state index contributed by atoms with van der Waals surface area (Å²) >= 11 is 1.20. The molecule has 110 valence electrons. The third kappa shape index (κ3) is 3.59. The van der Waals surface area contributed by atoms with Crippen molar-refractivity contribution in [2.24, 2.45) is 0 Å². The Kier molecular flexibility index (Phi) is 4.56. The molecule has 3 N–H and O–H groups in total. The Hall–Kier alpha value is -2.38. The van der Waals surface area contributed by atoms with Gasteiger partial charge in [0.15, 0.2) is 11.5 Å². The van der Waals surface area contributed by atoms with Crippen molar-refractivity contribution in [1.29, 1.82) is 0 Å². The zero-order valence-electron chi connectivity index (χ0n) is 10.9. The number of thiazole rings is 1. The second kappa shape index (κ2) is 6.38. The SMILES string of the molecule is C=C(C(=O)OCc1ccc(O)c(O)c1)C(O)c1nccs1. The van der Waals surface area contributed by atoms with Crippen molar-refractivity contribution in [3.05, 3.63) is 52.5 Å². The fourth-order valence-corrected chi connectivity index (χ4v) is 2.18. The number of hydrogen-bond donors (Lipinski definition) is 3. The molecule has 0 aliphatic heterocycles. The number of hydrogen-bond acceptors (Lipinski definition) is 7. The molecule has 0 saturated carbocycles. The number of phenolic OH excluding ortho intramolecular Hbond substituents is 2. The average Bonchev–Trinajstić information content (AvgIpc) is 3.00. The van der Waals surface area contributed by atoms with Crippen LogP contribution in [0.15, 0.2) is 41.9 Å². The number of aromatic nitrogens is 1. The Balaban J connectivity index is 1.95. The second-order valence-corrected chi connectivity index (χ2v) is 5.12. The van der Waals surface area contributed by atoms with Gasteiger partial charge in [-0.25, -0.2) is 9.78 Å². The molecule has 2 aromatic rings. The van der Waals surface area contributed by atoms with E-state index < -0.39 is 12.1 Å². The molecule has 0 fully saturated rings.